The topological polar surface area (TPSA) is 66.4 Å². The first-order chi connectivity index (χ1) is 11.1. The van der Waals surface area contributed by atoms with Crippen LogP contribution < -0.4 is 5.11 Å². The van der Waals surface area contributed by atoms with Gasteiger partial charge in [-0.25, -0.2) is 0 Å². The first-order valence-electron chi connectivity index (χ1n) is 9.30. The lowest BCUT2D eigenvalue weighted by atomic mass is 10.0. The van der Waals surface area contributed by atoms with Crippen molar-refractivity contribution in [2.24, 2.45) is 5.92 Å². The summed E-state index contributed by atoms with van der Waals surface area (Å²) in [7, 11) is 5.82. The number of unbranched alkanes of at least 4 members (excludes halogenated alkanes) is 5. The molecule has 5 heteroatoms. The largest absolute Gasteiger partial charge is 0.550 e. The third kappa shape index (κ3) is 15.8. The highest BCUT2D eigenvalue weighted by Crippen LogP contribution is 2.13. The molecular weight excluding hydrogens is 306 g/mol. The molecule has 1 atom stereocenters. The van der Waals surface area contributed by atoms with E-state index < -0.39 is 12.1 Å². The lowest BCUT2D eigenvalue weighted by molar-refractivity contribution is -0.873. The lowest BCUT2D eigenvalue weighted by Crippen LogP contribution is -2.45. The Hall–Kier alpha value is -1.10. The molecule has 0 aliphatic carbocycles. The number of hydrogen-bond acceptors (Lipinski definition) is 4. The summed E-state index contributed by atoms with van der Waals surface area (Å²) in [5, 5.41) is 10.8. The minimum Gasteiger partial charge on any atom is -0.550 e. The van der Waals surface area contributed by atoms with Crippen LogP contribution in [0.3, 0.4) is 0 Å². The minimum atomic E-state index is -1.18. The molecule has 0 aliphatic rings. The van der Waals surface area contributed by atoms with Gasteiger partial charge in [0.1, 0.15) is 6.54 Å². The van der Waals surface area contributed by atoms with Crippen molar-refractivity contribution >= 4 is 11.9 Å². The third-order valence-electron chi connectivity index (χ3n) is 3.86. The van der Waals surface area contributed by atoms with Crippen LogP contribution in [0.4, 0.5) is 0 Å². The Morgan fingerprint density at radius 1 is 0.958 bits per heavy atom. The fourth-order valence-electron chi connectivity index (χ4n) is 2.71. The second-order valence-corrected chi connectivity index (χ2v) is 8.21. The average Bonchev–Trinajstić information content (AvgIpc) is 2.38. The molecule has 0 bridgehead atoms. The van der Waals surface area contributed by atoms with Crippen LogP contribution in [0, 0.1) is 5.92 Å². The lowest BCUT2D eigenvalue weighted by Gasteiger charge is -2.29. The van der Waals surface area contributed by atoms with Crippen LogP contribution in [0.15, 0.2) is 0 Å². The second-order valence-electron chi connectivity index (χ2n) is 8.21. The van der Waals surface area contributed by atoms with Crippen molar-refractivity contribution in [1.29, 1.82) is 0 Å². The number of rotatable bonds is 14. The standard InChI is InChI=1S/C19H37NO4/c1-16(2)12-10-8-6-7-9-11-13-19(23)24-17(14-18(21)22)15-20(3,4)5/h16-17H,6-15H2,1-5H3. The number of hydrogen-bond donors (Lipinski definition) is 0. The van der Waals surface area contributed by atoms with E-state index in [9.17, 15) is 14.7 Å². The van der Waals surface area contributed by atoms with Crippen molar-refractivity contribution in [3.63, 3.8) is 0 Å². The number of aliphatic carboxylic acids is 1. The molecule has 0 amide bonds. The Morgan fingerprint density at radius 3 is 2.00 bits per heavy atom. The molecule has 0 N–H and O–H groups in total. The number of quaternary nitrogens is 1. The summed E-state index contributed by atoms with van der Waals surface area (Å²) in [6, 6.07) is 0. The summed E-state index contributed by atoms with van der Waals surface area (Å²) < 4.78 is 5.88. The highest BCUT2D eigenvalue weighted by atomic mass is 16.5. The summed E-state index contributed by atoms with van der Waals surface area (Å²) in [6.45, 7) is 4.96. The fourth-order valence-corrected chi connectivity index (χ4v) is 2.71. The Kier molecular flexibility index (Phi) is 11.7. The average molecular weight is 344 g/mol. The molecule has 0 aromatic rings. The van der Waals surface area contributed by atoms with E-state index in [2.05, 4.69) is 13.8 Å². The number of nitrogens with zero attached hydrogens (tertiary/aromatic N) is 1. The summed E-state index contributed by atoms with van der Waals surface area (Å²) in [5.41, 5.74) is 0. The van der Waals surface area contributed by atoms with E-state index in [4.69, 9.17) is 4.74 Å². The molecule has 5 nitrogen and oxygen atoms in total. The number of carbonyl (C=O) groups is 2. The predicted molar refractivity (Wildman–Crippen MR) is 94.2 cm³/mol. The maximum absolute atomic E-state index is 11.9. The normalized spacial score (nSPS) is 13.1. The van der Waals surface area contributed by atoms with E-state index in [-0.39, 0.29) is 12.4 Å². The summed E-state index contributed by atoms with van der Waals surface area (Å²) in [4.78, 5) is 22.7. The van der Waals surface area contributed by atoms with Crippen molar-refractivity contribution in [3.05, 3.63) is 0 Å². The van der Waals surface area contributed by atoms with Gasteiger partial charge in [-0.3, -0.25) is 4.79 Å². The highest BCUT2D eigenvalue weighted by molar-refractivity contribution is 5.70. The second kappa shape index (κ2) is 12.3. The van der Waals surface area contributed by atoms with Crippen LogP contribution in [-0.2, 0) is 14.3 Å². The van der Waals surface area contributed by atoms with Crippen molar-refractivity contribution in [2.45, 2.75) is 77.7 Å². The molecule has 24 heavy (non-hydrogen) atoms. The van der Waals surface area contributed by atoms with E-state index in [0.717, 1.165) is 25.2 Å². The van der Waals surface area contributed by atoms with Crippen LogP contribution in [0.1, 0.15) is 71.6 Å². The minimum absolute atomic E-state index is 0.239. The Labute approximate surface area is 148 Å². The van der Waals surface area contributed by atoms with Gasteiger partial charge in [-0.2, -0.15) is 0 Å². The van der Waals surface area contributed by atoms with Crippen LogP contribution in [0.25, 0.3) is 0 Å². The van der Waals surface area contributed by atoms with Gasteiger partial charge in [0.15, 0.2) is 6.10 Å². The molecule has 1 unspecified atom stereocenters. The smallest absolute Gasteiger partial charge is 0.306 e. The van der Waals surface area contributed by atoms with Gasteiger partial charge >= 0.3 is 5.97 Å². The fraction of sp³-hybridized carbons (Fsp3) is 0.895. The number of likely N-dealkylation sites (N-methyl/N-ethyl adjacent to an activating group) is 1. The van der Waals surface area contributed by atoms with Gasteiger partial charge in [-0.1, -0.05) is 52.4 Å². The summed E-state index contributed by atoms with van der Waals surface area (Å²) >= 11 is 0. The van der Waals surface area contributed by atoms with E-state index in [1.54, 1.807) is 0 Å². The van der Waals surface area contributed by atoms with Crippen LogP contribution >= 0.6 is 0 Å². The molecular formula is C19H37NO4. The number of esters is 1. The summed E-state index contributed by atoms with van der Waals surface area (Å²) in [5.74, 6) is -0.697. The summed E-state index contributed by atoms with van der Waals surface area (Å²) in [6.07, 6.45) is 7.56. The van der Waals surface area contributed by atoms with E-state index in [1.165, 1.54) is 25.7 Å². The van der Waals surface area contributed by atoms with Gasteiger partial charge in [-0.15, -0.1) is 0 Å². The zero-order valence-electron chi connectivity index (χ0n) is 16.3. The quantitative estimate of drug-likeness (QED) is 0.276. The van der Waals surface area contributed by atoms with Crippen LogP contribution in [0.5, 0.6) is 0 Å². The maximum atomic E-state index is 11.9. The molecule has 0 saturated heterocycles. The van der Waals surface area contributed by atoms with Gasteiger partial charge in [0.05, 0.1) is 21.1 Å². The Morgan fingerprint density at radius 2 is 1.50 bits per heavy atom. The van der Waals surface area contributed by atoms with Gasteiger partial charge in [-0.05, 0) is 12.3 Å². The van der Waals surface area contributed by atoms with Gasteiger partial charge in [0.25, 0.3) is 0 Å². The molecule has 142 valence electrons. The van der Waals surface area contributed by atoms with E-state index >= 15 is 0 Å². The first-order valence-corrected chi connectivity index (χ1v) is 9.30. The monoisotopic (exact) mass is 343 g/mol. The number of carboxylic acid groups (broad SMARTS) is 1. The third-order valence-corrected chi connectivity index (χ3v) is 3.86. The molecule has 0 fully saturated rings. The van der Waals surface area contributed by atoms with Crippen LogP contribution in [-0.4, -0.2) is 50.2 Å². The Bertz CT molecular complexity index is 361. The van der Waals surface area contributed by atoms with Crippen molar-refractivity contribution in [1.82, 2.24) is 0 Å². The highest BCUT2D eigenvalue weighted by Gasteiger charge is 2.22. The Balaban J connectivity index is 3.86. The van der Waals surface area contributed by atoms with Gasteiger partial charge in [0, 0.05) is 18.8 Å². The molecule has 0 aliphatic heterocycles. The zero-order valence-corrected chi connectivity index (χ0v) is 16.3. The van der Waals surface area contributed by atoms with E-state index in [0.29, 0.717) is 17.4 Å². The molecule has 0 radical (unpaired) electrons. The SMILES string of the molecule is CC(C)CCCCCCCCC(=O)OC(CC(=O)[O-])C[N+](C)(C)C. The number of carbonyl (C=O) groups excluding carboxylic acids is 2. The molecule has 0 saturated carbocycles. The van der Waals surface area contributed by atoms with Crippen molar-refractivity contribution in [3.8, 4) is 0 Å². The molecule has 0 rings (SSSR count). The van der Waals surface area contributed by atoms with Gasteiger partial charge in [0.2, 0.25) is 0 Å². The van der Waals surface area contributed by atoms with E-state index in [1.807, 2.05) is 21.1 Å². The van der Waals surface area contributed by atoms with Crippen molar-refractivity contribution in [2.75, 3.05) is 27.7 Å². The molecule has 0 aromatic heterocycles. The number of carboxylic acids is 1. The molecule has 0 heterocycles. The van der Waals surface area contributed by atoms with Crippen molar-refractivity contribution < 1.29 is 23.9 Å². The van der Waals surface area contributed by atoms with Gasteiger partial charge < -0.3 is 19.1 Å². The predicted octanol–water partition coefficient (Wildman–Crippen LogP) is 2.52. The zero-order chi connectivity index (χ0) is 18.6. The maximum Gasteiger partial charge on any atom is 0.306 e. The number of ether oxygens (including phenoxy) is 1. The van der Waals surface area contributed by atoms with Crippen LogP contribution in [0.2, 0.25) is 0 Å². The first kappa shape index (κ1) is 22.9. The molecule has 0 spiro atoms. The molecule has 0 aromatic carbocycles.